The first kappa shape index (κ1) is 19.2. The molecule has 2 aliphatic heterocycles. The van der Waals surface area contributed by atoms with Crippen LogP contribution in [0.4, 0.5) is 5.95 Å². The quantitative estimate of drug-likeness (QED) is 0.760. The summed E-state index contributed by atoms with van der Waals surface area (Å²) in [4.78, 5) is 2.28. The van der Waals surface area contributed by atoms with Gasteiger partial charge in [0, 0.05) is 37.6 Å². The second-order valence-corrected chi connectivity index (χ2v) is 11.9. The summed E-state index contributed by atoms with van der Waals surface area (Å²) in [7, 11) is -1.18. The highest BCUT2D eigenvalue weighted by Gasteiger charge is 2.48. The first-order chi connectivity index (χ1) is 12.6. The van der Waals surface area contributed by atoms with E-state index >= 15 is 0 Å². The number of nitrogens with zero attached hydrogens (tertiary/aromatic N) is 4. The summed E-state index contributed by atoms with van der Waals surface area (Å²) in [5.74, 6) is 3.43. The number of ether oxygens (including phenoxy) is 1. The zero-order chi connectivity index (χ0) is 19.6. The Morgan fingerprint density at radius 3 is 2.52 bits per heavy atom. The van der Waals surface area contributed by atoms with Gasteiger partial charge >= 0.3 is 0 Å². The second-order valence-electron chi connectivity index (χ2n) is 9.63. The molecule has 0 amide bonds. The van der Waals surface area contributed by atoms with Crippen LogP contribution in [0.15, 0.2) is 0 Å². The van der Waals surface area contributed by atoms with Crippen LogP contribution in [-0.2, 0) is 14.6 Å². The highest BCUT2D eigenvalue weighted by atomic mass is 32.2. The summed E-state index contributed by atoms with van der Waals surface area (Å²) in [6.07, 6.45) is 1.93. The van der Waals surface area contributed by atoms with Crippen LogP contribution in [0.2, 0.25) is 0 Å². The molecule has 3 aliphatic rings. The Hall–Kier alpha value is -1.15. The average molecular weight is 397 g/mol. The van der Waals surface area contributed by atoms with Crippen molar-refractivity contribution in [1.82, 2.24) is 14.8 Å². The normalized spacial score (nSPS) is 34.5. The predicted molar refractivity (Wildman–Crippen MR) is 105 cm³/mol. The van der Waals surface area contributed by atoms with E-state index in [1.165, 1.54) is 0 Å². The highest BCUT2D eigenvalue weighted by molar-refractivity contribution is 7.91. The molecule has 8 heteroatoms. The van der Waals surface area contributed by atoms with Crippen molar-refractivity contribution in [2.24, 2.45) is 17.3 Å². The SMILES string of the molecule is COC1CN(c2nnc(C3CCS(=O)(=O)C3)n2[C@@H]2C[C@H]2C(C)C)CC1(C)C. The molecule has 0 aromatic carbocycles. The van der Waals surface area contributed by atoms with Crippen LogP contribution in [0.1, 0.15) is 58.3 Å². The molecule has 0 bridgehead atoms. The number of anilines is 1. The van der Waals surface area contributed by atoms with E-state index in [2.05, 4.69) is 47.4 Å². The molecule has 3 fully saturated rings. The molecule has 0 radical (unpaired) electrons. The smallest absolute Gasteiger partial charge is 0.227 e. The van der Waals surface area contributed by atoms with E-state index in [0.29, 0.717) is 24.3 Å². The highest BCUT2D eigenvalue weighted by Crippen LogP contribution is 2.51. The molecule has 3 heterocycles. The van der Waals surface area contributed by atoms with Gasteiger partial charge in [0.2, 0.25) is 5.95 Å². The van der Waals surface area contributed by atoms with Crippen LogP contribution in [0.25, 0.3) is 0 Å². The lowest BCUT2D eigenvalue weighted by Crippen LogP contribution is -2.28. The molecule has 0 N–H and O–H groups in total. The minimum atomic E-state index is -2.95. The Balaban J connectivity index is 1.69. The van der Waals surface area contributed by atoms with Gasteiger partial charge in [-0.15, -0.1) is 10.2 Å². The van der Waals surface area contributed by atoms with Gasteiger partial charge in [0.1, 0.15) is 5.82 Å². The summed E-state index contributed by atoms with van der Waals surface area (Å²) in [5, 5.41) is 9.10. The lowest BCUT2D eigenvalue weighted by atomic mass is 9.90. The van der Waals surface area contributed by atoms with Gasteiger partial charge in [0.05, 0.1) is 17.6 Å². The molecule has 2 unspecified atom stereocenters. The zero-order valence-corrected chi connectivity index (χ0v) is 17.9. The van der Waals surface area contributed by atoms with Gasteiger partial charge in [0.25, 0.3) is 0 Å². The molecule has 2 saturated heterocycles. The molecular formula is C19H32N4O3S. The summed E-state index contributed by atoms with van der Waals surface area (Å²) in [6, 6.07) is 0.387. The molecule has 1 aromatic heterocycles. The van der Waals surface area contributed by atoms with E-state index in [9.17, 15) is 8.42 Å². The lowest BCUT2D eigenvalue weighted by molar-refractivity contribution is 0.0445. The van der Waals surface area contributed by atoms with E-state index in [0.717, 1.165) is 31.3 Å². The summed E-state index contributed by atoms with van der Waals surface area (Å²) < 4.78 is 32.0. The maximum Gasteiger partial charge on any atom is 0.227 e. The minimum absolute atomic E-state index is 0.0292. The Kier molecular flexibility index (Phi) is 4.57. The maximum absolute atomic E-state index is 12.0. The first-order valence-corrected chi connectivity index (χ1v) is 11.9. The summed E-state index contributed by atoms with van der Waals surface area (Å²) >= 11 is 0. The van der Waals surface area contributed by atoms with Crippen molar-refractivity contribution in [2.75, 3.05) is 36.6 Å². The van der Waals surface area contributed by atoms with Gasteiger partial charge in [-0.05, 0) is 24.7 Å². The minimum Gasteiger partial charge on any atom is -0.379 e. The fourth-order valence-corrected chi connectivity index (χ4v) is 6.71. The summed E-state index contributed by atoms with van der Waals surface area (Å²) in [5.41, 5.74) is 0.0450. The molecule has 4 rings (SSSR count). The Bertz CT molecular complexity index is 817. The third-order valence-electron chi connectivity index (χ3n) is 6.72. The van der Waals surface area contributed by atoms with Gasteiger partial charge in [-0.3, -0.25) is 4.57 Å². The first-order valence-electron chi connectivity index (χ1n) is 10.1. The molecule has 4 atom stereocenters. The van der Waals surface area contributed by atoms with Gasteiger partial charge in [-0.2, -0.15) is 0 Å². The van der Waals surface area contributed by atoms with E-state index in [4.69, 9.17) is 4.74 Å². The Morgan fingerprint density at radius 2 is 2.00 bits per heavy atom. The van der Waals surface area contributed by atoms with Crippen LogP contribution in [-0.4, -0.2) is 61.0 Å². The molecule has 1 aromatic rings. The van der Waals surface area contributed by atoms with Crippen molar-refractivity contribution in [3.05, 3.63) is 5.82 Å². The van der Waals surface area contributed by atoms with E-state index in [1.807, 2.05) is 0 Å². The topological polar surface area (TPSA) is 77.3 Å². The zero-order valence-electron chi connectivity index (χ0n) is 17.1. The molecule has 152 valence electrons. The van der Waals surface area contributed by atoms with Crippen molar-refractivity contribution in [2.45, 2.75) is 58.6 Å². The fourth-order valence-electron chi connectivity index (χ4n) is 4.97. The monoisotopic (exact) mass is 396 g/mol. The molecule has 7 nitrogen and oxygen atoms in total. The predicted octanol–water partition coefficient (Wildman–Crippen LogP) is 2.26. The van der Waals surface area contributed by atoms with Crippen LogP contribution in [0.5, 0.6) is 0 Å². The standard InChI is InChI=1S/C19H32N4O3S/c1-12(2)14-8-15(14)23-17(13-6-7-27(24,25)10-13)20-21-18(23)22-9-16(26-5)19(3,4)11-22/h12-16H,6-11H2,1-5H3/t13?,14-,15+,16?/m0/s1. The van der Waals surface area contributed by atoms with Crippen molar-refractivity contribution < 1.29 is 13.2 Å². The third kappa shape index (κ3) is 3.39. The Labute approximate surface area is 162 Å². The number of sulfone groups is 1. The molecular weight excluding hydrogens is 364 g/mol. The Morgan fingerprint density at radius 1 is 1.26 bits per heavy atom. The maximum atomic E-state index is 12.0. The van der Waals surface area contributed by atoms with Crippen molar-refractivity contribution in [3.8, 4) is 0 Å². The summed E-state index contributed by atoms with van der Waals surface area (Å²) in [6.45, 7) is 10.6. The van der Waals surface area contributed by atoms with Crippen molar-refractivity contribution in [1.29, 1.82) is 0 Å². The van der Waals surface area contributed by atoms with E-state index in [-0.39, 0.29) is 28.9 Å². The second kappa shape index (κ2) is 6.44. The molecule has 1 aliphatic carbocycles. The van der Waals surface area contributed by atoms with Crippen LogP contribution in [0, 0.1) is 17.3 Å². The molecule has 0 spiro atoms. The van der Waals surface area contributed by atoms with E-state index in [1.54, 1.807) is 7.11 Å². The van der Waals surface area contributed by atoms with Gasteiger partial charge in [-0.1, -0.05) is 27.7 Å². The van der Waals surface area contributed by atoms with Crippen molar-refractivity contribution in [3.63, 3.8) is 0 Å². The molecule has 1 saturated carbocycles. The lowest BCUT2D eigenvalue weighted by Gasteiger charge is -2.24. The van der Waals surface area contributed by atoms with E-state index < -0.39 is 9.84 Å². The van der Waals surface area contributed by atoms with Crippen LogP contribution in [0.3, 0.4) is 0 Å². The third-order valence-corrected chi connectivity index (χ3v) is 8.49. The van der Waals surface area contributed by atoms with Crippen molar-refractivity contribution >= 4 is 15.8 Å². The van der Waals surface area contributed by atoms with Crippen LogP contribution >= 0.6 is 0 Å². The van der Waals surface area contributed by atoms with Gasteiger partial charge in [0.15, 0.2) is 9.84 Å². The van der Waals surface area contributed by atoms with Gasteiger partial charge < -0.3 is 9.64 Å². The number of hydrogen-bond acceptors (Lipinski definition) is 6. The molecule has 27 heavy (non-hydrogen) atoms. The number of hydrogen-bond donors (Lipinski definition) is 0. The number of aromatic nitrogens is 3. The number of methoxy groups -OCH3 is 1. The largest absolute Gasteiger partial charge is 0.379 e. The number of rotatable bonds is 5. The fraction of sp³-hybridized carbons (Fsp3) is 0.895. The average Bonchev–Trinajstić information content (AvgIpc) is 2.95. The van der Waals surface area contributed by atoms with Gasteiger partial charge in [-0.25, -0.2) is 8.42 Å². The van der Waals surface area contributed by atoms with Crippen LogP contribution < -0.4 is 4.90 Å².